The smallest absolute Gasteiger partial charge is 0.271 e. The summed E-state index contributed by atoms with van der Waals surface area (Å²) in [4.78, 5) is 19.9. The zero-order valence-corrected chi connectivity index (χ0v) is 17.5. The number of imidazole rings is 1. The molecule has 0 atom stereocenters. The Bertz CT molecular complexity index is 1350. The van der Waals surface area contributed by atoms with Gasteiger partial charge in [0.15, 0.2) is 4.96 Å². The SMILES string of the molecule is CN(Cc1ccc(-n2cccn2)cc1)C(=O)c1csc2nc(-c3ccccc3F)cn12. The third-order valence-electron chi connectivity index (χ3n) is 5.05. The summed E-state index contributed by atoms with van der Waals surface area (Å²) in [5, 5.41) is 6.00. The fraction of sp³-hybridized carbons (Fsp3) is 0.0870. The van der Waals surface area contributed by atoms with Crippen molar-refractivity contribution in [3.8, 4) is 16.9 Å². The third-order valence-corrected chi connectivity index (χ3v) is 5.89. The van der Waals surface area contributed by atoms with Gasteiger partial charge in [0.2, 0.25) is 0 Å². The minimum atomic E-state index is -0.336. The lowest BCUT2D eigenvalue weighted by molar-refractivity contribution is 0.0778. The molecule has 0 radical (unpaired) electrons. The minimum Gasteiger partial charge on any atom is -0.336 e. The zero-order valence-electron chi connectivity index (χ0n) is 16.6. The molecule has 5 rings (SSSR count). The molecular formula is C23H18FN5OS. The maximum atomic E-state index is 14.1. The molecule has 0 fully saturated rings. The van der Waals surface area contributed by atoms with Gasteiger partial charge in [-0.1, -0.05) is 24.3 Å². The van der Waals surface area contributed by atoms with Crippen molar-refractivity contribution in [1.82, 2.24) is 24.1 Å². The number of rotatable bonds is 5. The molecular weight excluding hydrogens is 413 g/mol. The van der Waals surface area contributed by atoms with E-state index in [4.69, 9.17) is 0 Å². The first-order valence-corrected chi connectivity index (χ1v) is 10.5. The standard InChI is InChI=1S/C23H18FN5OS/c1-27(13-16-7-9-17(10-8-16)29-12-4-11-25-29)22(30)21-15-31-23-26-20(14-28(21)23)18-5-2-3-6-19(18)24/h2-12,14-15H,13H2,1H3. The Labute approximate surface area is 181 Å². The van der Waals surface area contributed by atoms with Gasteiger partial charge in [-0.25, -0.2) is 14.1 Å². The highest BCUT2D eigenvalue weighted by atomic mass is 32.1. The number of carbonyl (C=O) groups excluding carboxylic acids is 1. The second kappa shape index (κ2) is 7.81. The quantitative estimate of drug-likeness (QED) is 0.407. The summed E-state index contributed by atoms with van der Waals surface area (Å²) in [6, 6.07) is 16.3. The fourth-order valence-corrected chi connectivity index (χ4v) is 4.30. The second-order valence-electron chi connectivity index (χ2n) is 7.16. The summed E-state index contributed by atoms with van der Waals surface area (Å²) >= 11 is 1.36. The molecule has 31 heavy (non-hydrogen) atoms. The molecule has 0 N–H and O–H groups in total. The zero-order chi connectivity index (χ0) is 21.4. The highest BCUT2D eigenvalue weighted by Gasteiger charge is 2.19. The number of benzene rings is 2. The number of amides is 1. The Morgan fingerprint density at radius 3 is 2.68 bits per heavy atom. The summed E-state index contributed by atoms with van der Waals surface area (Å²) in [5.41, 5.74) is 3.40. The van der Waals surface area contributed by atoms with E-state index in [0.29, 0.717) is 28.5 Å². The number of hydrogen-bond acceptors (Lipinski definition) is 4. The summed E-state index contributed by atoms with van der Waals surface area (Å²) < 4.78 is 17.6. The Balaban J connectivity index is 1.36. The molecule has 154 valence electrons. The Kier molecular flexibility index (Phi) is 4.83. The minimum absolute atomic E-state index is 0.125. The second-order valence-corrected chi connectivity index (χ2v) is 7.99. The van der Waals surface area contributed by atoms with Gasteiger partial charge in [-0.05, 0) is 35.9 Å². The average molecular weight is 431 g/mol. The van der Waals surface area contributed by atoms with Gasteiger partial charge >= 0.3 is 0 Å². The molecule has 0 saturated heterocycles. The number of thiazole rings is 1. The van der Waals surface area contributed by atoms with E-state index in [1.54, 1.807) is 57.0 Å². The summed E-state index contributed by atoms with van der Waals surface area (Å²) in [5.74, 6) is -0.461. The van der Waals surface area contributed by atoms with Crippen LogP contribution in [0.5, 0.6) is 0 Å². The molecule has 3 aromatic heterocycles. The maximum Gasteiger partial charge on any atom is 0.271 e. The van der Waals surface area contributed by atoms with Gasteiger partial charge in [-0.3, -0.25) is 9.20 Å². The van der Waals surface area contributed by atoms with Crippen molar-refractivity contribution in [3.05, 3.63) is 95.6 Å². The van der Waals surface area contributed by atoms with Gasteiger partial charge in [0.1, 0.15) is 11.5 Å². The van der Waals surface area contributed by atoms with E-state index < -0.39 is 0 Å². The van der Waals surface area contributed by atoms with Crippen molar-refractivity contribution in [2.45, 2.75) is 6.54 Å². The van der Waals surface area contributed by atoms with Gasteiger partial charge in [0.25, 0.3) is 5.91 Å². The highest BCUT2D eigenvalue weighted by molar-refractivity contribution is 7.15. The lowest BCUT2D eigenvalue weighted by Crippen LogP contribution is -2.27. The predicted octanol–water partition coefficient (Wildman–Crippen LogP) is 4.66. The van der Waals surface area contributed by atoms with Crippen molar-refractivity contribution in [2.24, 2.45) is 0 Å². The van der Waals surface area contributed by atoms with Crippen molar-refractivity contribution >= 4 is 22.2 Å². The molecule has 0 aliphatic rings. The van der Waals surface area contributed by atoms with Crippen LogP contribution in [0.1, 0.15) is 16.1 Å². The average Bonchev–Trinajstić information content (AvgIpc) is 3.51. The van der Waals surface area contributed by atoms with Crippen LogP contribution in [0.4, 0.5) is 4.39 Å². The predicted molar refractivity (Wildman–Crippen MR) is 118 cm³/mol. The lowest BCUT2D eigenvalue weighted by Gasteiger charge is -2.17. The Hall–Kier alpha value is -3.78. The number of hydrogen-bond donors (Lipinski definition) is 0. The molecule has 0 saturated carbocycles. The number of aromatic nitrogens is 4. The van der Waals surface area contributed by atoms with Gasteiger partial charge < -0.3 is 4.90 Å². The first-order valence-electron chi connectivity index (χ1n) is 9.66. The van der Waals surface area contributed by atoms with Crippen LogP contribution >= 0.6 is 11.3 Å². The molecule has 2 aromatic carbocycles. The van der Waals surface area contributed by atoms with Crippen molar-refractivity contribution in [2.75, 3.05) is 7.05 Å². The van der Waals surface area contributed by atoms with E-state index >= 15 is 0 Å². The molecule has 8 heteroatoms. The monoisotopic (exact) mass is 431 g/mol. The molecule has 0 aliphatic carbocycles. The molecule has 5 aromatic rings. The number of fused-ring (bicyclic) bond motifs is 1. The first-order chi connectivity index (χ1) is 15.1. The Morgan fingerprint density at radius 2 is 1.94 bits per heavy atom. The van der Waals surface area contributed by atoms with Gasteiger partial charge in [-0.2, -0.15) is 5.10 Å². The van der Waals surface area contributed by atoms with E-state index in [9.17, 15) is 9.18 Å². The molecule has 0 aliphatic heterocycles. The Morgan fingerprint density at radius 1 is 1.13 bits per heavy atom. The third kappa shape index (κ3) is 3.62. The van der Waals surface area contributed by atoms with Gasteiger partial charge in [0.05, 0.1) is 11.4 Å². The maximum absolute atomic E-state index is 14.1. The fourth-order valence-electron chi connectivity index (χ4n) is 3.45. The first kappa shape index (κ1) is 19.2. The normalized spacial score (nSPS) is 11.2. The number of carbonyl (C=O) groups is 1. The van der Waals surface area contributed by atoms with Crippen molar-refractivity contribution in [3.63, 3.8) is 0 Å². The molecule has 0 unspecified atom stereocenters. The largest absolute Gasteiger partial charge is 0.336 e. The number of nitrogens with zero attached hydrogens (tertiary/aromatic N) is 5. The van der Waals surface area contributed by atoms with Crippen LogP contribution < -0.4 is 0 Å². The topological polar surface area (TPSA) is 55.4 Å². The van der Waals surface area contributed by atoms with Crippen LogP contribution in [0.15, 0.2) is 78.6 Å². The molecule has 0 spiro atoms. The van der Waals surface area contributed by atoms with E-state index in [-0.39, 0.29) is 11.7 Å². The van der Waals surface area contributed by atoms with Crippen LogP contribution in [0.2, 0.25) is 0 Å². The molecule has 0 bridgehead atoms. The summed E-state index contributed by atoms with van der Waals surface area (Å²) in [6.07, 6.45) is 5.33. The van der Waals surface area contributed by atoms with Gasteiger partial charge in [0, 0.05) is 43.1 Å². The molecule has 1 amide bonds. The van der Waals surface area contributed by atoms with Crippen LogP contribution in [-0.2, 0) is 6.54 Å². The van der Waals surface area contributed by atoms with Crippen LogP contribution in [0, 0.1) is 5.82 Å². The van der Waals surface area contributed by atoms with Crippen LogP contribution in [-0.4, -0.2) is 37.0 Å². The summed E-state index contributed by atoms with van der Waals surface area (Å²) in [6.45, 7) is 0.463. The molecule has 3 heterocycles. The van der Waals surface area contributed by atoms with Crippen molar-refractivity contribution in [1.29, 1.82) is 0 Å². The van der Waals surface area contributed by atoms with Crippen molar-refractivity contribution < 1.29 is 9.18 Å². The van der Waals surface area contributed by atoms with E-state index in [1.807, 2.05) is 36.5 Å². The van der Waals surface area contributed by atoms with E-state index in [0.717, 1.165) is 11.3 Å². The molecule has 6 nitrogen and oxygen atoms in total. The lowest BCUT2D eigenvalue weighted by atomic mass is 10.1. The van der Waals surface area contributed by atoms with Crippen LogP contribution in [0.3, 0.4) is 0 Å². The van der Waals surface area contributed by atoms with E-state index in [2.05, 4.69) is 10.1 Å². The van der Waals surface area contributed by atoms with Crippen LogP contribution in [0.25, 0.3) is 21.9 Å². The van der Waals surface area contributed by atoms with Gasteiger partial charge in [-0.15, -0.1) is 11.3 Å². The summed E-state index contributed by atoms with van der Waals surface area (Å²) in [7, 11) is 1.77. The highest BCUT2D eigenvalue weighted by Crippen LogP contribution is 2.26. The number of halogens is 1. The van der Waals surface area contributed by atoms with E-state index in [1.165, 1.54) is 17.4 Å².